The van der Waals surface area contributed by atoms with E-state index in [9.17, 15) is 8.78 Å². The van der Waals surface area contributed by atoms with Crippen molar-refractivity contribution in [3.63, 3.8) is 0 Å². The average Bonchev–Trinajstić information content (AvgIpc) is 2.33. The molecule has 0 radical (unpaired) electrons. The molecular weight excluding hydrogens is 226 g/mol. The van der Waals surface area contributed by atoms with Gasteiger partial charge in [-0.05, 0) is 29.3 Å². The van der Waals surface area contributed by atoms with Gasteiger partial charge in [0, 0.05) is 6.42 Å². The van der Waals surface area contributed by atoms with E-state index in [0.717, 1.165) is 11.6 Å². The van der Waals surface area contributed by atoms with Crippen molar-refractivity contribution in [2.45, 2.75) is 6.42 Å². The SMILES string of the molecule is Oc1ccc(Cc2ccc(O)c(F)c2F)cc1. The third-order valence-electron chi connectivity index (χ3n) is 2.47. The van der Waals surface area contributed by atoms with Crippen LogP contribution >= 0.6 is 0 Å². The summed E-state index contributed by atoms with van der Waals surface area (Å²) in [4.78, 5) is 0. The van der Waals surface area contributed by atoms with Crippen LogP contribution in [0.3, 0.4) is 0 Å². The summed E-state index contributed by atoms with van der Waals surface area (Å²) in [6, 6.07) is 8.65. The maximum absolute atomic E-state index is 13.4. The Hall–Kier alpha value is -2.10. The van der Waals surface area contributed by atoms with Gasteiger partial charge in [0.05, 0.1) is 0 Å². The summed E-state index contributed by atoms with van der Waals surface area (Å²) in [5.41, 5.74) is 0.901. The average molecular weight is 236 g/mol. The summed E-state index contributed by atoms with van der Waals surface area (Å²) in [5, 5.41) is 18.1. The lowest BCUT2D eigenvalue weighted by molar-refractivity contribution is 0.404. The molecule has 17 heavy (non-hydrogen) atoms. The molecule has 2 aromatic carbocycles. The number of hydrogen-bond acceptors (Lipinski definition) is 2. The van der Waals surface area contributed by atoms with Crippen LogP contribution < -0.4 is 0 Å². The van der Waals surface area contributed by atoms with Crippen LogP contribution in [0.1, 0.15) is 11.1 Å². The van der Waals surface area contributed by atoms with Gasteiger partial charge < -0.3 is 10.2 Å². The highest BCUT2D eigenvalue weighted by Gasteiger charge is 2.12. The lowest BCUT2D eigenvalue weighted by atomic mass is 10.0. The van der Waals surface area contributed by atoms with Crippen molar-refractivity contribution in [1.29, 1.82) is 0 Å². The summed E-state index contributed by atoms with van der Waals surface area (Å²) >= 11 is 0. The maximum Gasteiger partial charge on any atom is 0.200 e. The van der Waals surface area contributed by atoms with Crippen molar-refractivity contribution >= 4 is 0 Å². The lowest BCUT2D eigenvalue weighted by Gasteiger charge is -2.05. The normalized spacial score (nSPS) is 10.5. The van der Waals surface area contributed by atoms with Crippen molar-refractivity contribution in [2.75, 3.05) is 0 Å². The van der Waals surface area contributed by atoms with Gasteiger partial charge in [0.15, 0.2) is 11.6 Å². The van der Waals surface area contributed by atoms with Crippen LogP contribution in [0.4, 0.5) is 8.78 Å². The Kier molecular flexibility index (Phi) is 2.95. The molecule has 0 bridgehead atoms. The van der Waals surface area contributed by atoms with E-state index in [4.69, 9.17) is 10.2 Å². The van der Waals surface area contributed by atoms with Crippen molar-refractivity contribution in [1.82, 2.24) is 0 Å². The summed E-state index contributed by atoms with van der Waals surface area (Å²) in [6.45, 7) is 0. The molecule has 0 aromatic heterocycles. The van der Waals surface area contributed by atoms with E-state index in [2.05, 4.69) is 0 Å². The maximum atomic E-state index is 13.4. The summed E-state index contributed by atoms with van der Waals surface area (Å²) in [6.07, 6.45) is 0.198. The Balaban J connectivity index is 2.30. The molecule has 0 spiro atoms. The topological polar surface area (TPSA) is 40.5 Å². The summed E-state index contributed by atoms with van der Waals surface area (Å²) in [5.74, 6) is -2.86. The second kappa shape index (κ2) is 4.41. The van der Waals surface area contributed by atoms with Crippen LogP contribution in [0.25, 0.3) is 0 Å². The lowest BCUT2D eigenvalue weighted by Crippen LogP contribution is -1.96. The molecule has 0 saturated carbocycles. The number of hydrogen-bond donors (Lipinski definition) is 2. The van der Waals surface area contributed by atoms with E-state index in [-0.39, 0.29) is 17.7 Å². The molecule has 4 heteroatoms. The van der Waals surface area contributed by atoms with Gasteiger partial charge in [-0.3, -0.25) is 0 Å². The molecule has 0 amide bonds. The fourth-order valence-electron chi connectivity index (χ4n) is 1.55. The van der Waals surface area contributed by atoms with Crippen LogP contribution in [-0.2, 0) is 6.42 Å². The molecule has 0 aliphatic heterocycles. The zero-order chi connectivity index (χ0) is 12.4. The number of benzene rings is 2. The largest absolute Gasteiger partial charge is 0.508 e. The minimum absolute atomic E-state index is 0.117. The molecule has 0 fully saturated rings. The predicted molar refractivity (Wildman–Crippen MR) is 58.9 cm³/mol. The van der Waals surface area contributed by atoms with Gasteiger partial charge in [-0.2, -0.15) is 4.39 Å². The first-order chi connectivity index (χ1) is 8.08. The first-order valence-corrected chi connectivity index (χ1v) is 5.01. The van der Waals surface area contributed by atoms with Crippen molar-refractivity contribution in [3.05, 3.63) is 59.2 Å². The number of aromatic hydroxyl groups is 2. The predicted octanol–water partition coefficient (Wildman–Crippen LogP) is 2.97. The molecule has 2 N–H and O–H groups in total. The van der Waals surface area contributed by atoms with Gasteiger partial charge in [0.2, 0.25) is 5.82 Å². The van der Waals surface area contributed by atoms with Gasteiger partial charge in [-0.25, -0.2) is 4.39 Å². The summed E-state index contributed by atoms with van der Waals surface area (Å²) in [7, 11) is 0. The van der Waals surface area contributed by atoms with Gasteiger partial charge in [0.25, 0.3) is 0 Å². The third-order valence-corrected chi connectivity index (χ3v) is 2.47. The van der Waals surface area contributed by atoms with Gasteiger partial charge >= 0.3 is 0 Å². The smallest absolute Gasteiger partial charge is 0.200 e. The van der Waals surface area contributed by atoms with E-state index in [1.54, 1.807) is 12.1 Å². The van der Waals surface area contributed by atoms with Crippen molar-refractivity contribution in [2.24, 2.45) is 0 Å². The molecule has 88 valence electrons. The van der Waals surface area contributed by atoms with Crippen LogP contribution in [0.2, 0.25) is 0 Å². The number of phenols is 2. The molecule has 0 heterocycles. The monoisotopic (exact) mass is 236 g/mol. The molecule has 0 atom stereocenters. The zero-order valence-corrected chi connectivity index (χ0v) is 8.82. The van der Waals surface area contributed by atoms with E-state index in [0.29, 0.717) is 0 Å². The Morgan fingerprint density at radius 2 is 1.47 bits per heavy atom. The highest BCUT2D eigenvalue weighted by molar-refractivity contribution is 5.35. The second-order valence-corrected chi connectivity index (χ2v) is 3.72. The zero-order valence-electron chi connectivity index (χ0n) is 8.82. The van der Waals surface area contributed by atoms with Crippen molar-refractivity contribution < 1.29 is 19.0 Å². The second-order valence-electron chi connectivity index (χ2n) is 3.72. The first-order valence-electron chi connectivity index (χ1n) is 5.01. The van der Waals surface area contributed by atoms with E-state index < -0.39 is 17.4 Å². The molecule has 2 rings (SSSR count). The molecular formula is C13H10F2O2. The fraction of sp³-hybridized carbons (Fsp3) is 0.0769. The Bertz CT molecular complexity index is 536. The Morgan fingerprint density at radius 3 is 2.12 bits per heavy atom. The van der Waals surface area contributed by atoms with E-state index >= 15 is 0 Å². The van der Waals surface area contributed by atoms with Crippen LogP contribution in [0.5, 0.6) is 11.5 Å². The fourth-order valence-corrected chi connectivity index (χ4v) is 1.55. The van der Waals surface area contributed by atoms with Gasteiger partial charge in [-0.1, -0.05) is 18.2 Å². The van der Waals surface area contributed by atoms with E-state index in [1.165, 1.54) is 18.2 Å². The minimum Gasteiger partial charge on any atom is -0.508 e. The standard InChI is InChI=1S/C13H10F2O2/c14-12-9(3-6-11(17)13(12)15)7-8-1-4-10(16)5-2-8/h1-6,16-17H,7H2. The number of phenolic OH excluding ortho intramolecular Hbond substituents is 2. The quantitative estimate of drug-likeness (QED) is 0.841. The van der Waals surface area contributed by atoms with Gasteiger partial charge in [0.1, 0.15) is 5.75 Å². The molecule has 0 saturated heterocycles. The third kappa shape index (κ3) is 2.36. The molecule has 0 aliphatic carbocycles. The highest BCUT2D eigenvalue weighted by atomic mass is 19.2. The summed E-state index contributed by atoms with van der Waals surface area (Å²) < 4.78 is 26.5. The molecule has 2 nitrogen and oxygen atoms in total. The molecule has 0 aliphatic rings. The van der Waals surface area contributed by atoms with Crippen LogP contribution in [0.15, 0.2) is 36.4 Å². The minimum atomic E-state index is -1.23. The molecule has 2 aromatic rings. The first kappa shape index (κ1) is 11.4. The van der Waals surface area contributed by atoms with E-state index in [1.807, 2.05) is 0 Å². The van der Waals surface area contributed by atoms with Crippen LogP contribution in [-0.4, -0.2) is 10.2 Å². The van der Waals surface area contributed by atoms with Crippen molar-refractivity contribution in [3.8, 4) is 11.5 Å². The highest BCUT2D eigenvalue weighted by Crippen LogP contribution is 2.23. The molecule has 0 unspecified atom stereocenters. The Morgan fingerprint density at radius 1 is 0.824 bits per heavy atom. The Labute approximate surface area is 96.8 Å². The number of rotatable bonds is 2. The number of halogens is 2. The van der Waals surface area contributed by atoms with Crippen LogP contribution in [0, 0.1) is 11.6 Å². The van der Waals surface area contributed by atoms with Gasteiger partial charge in [-0.15, -0.1) is 0 Å².